The van der Waals surface area contributed by atoms with E-state index in [-0.39, 0.29) is 12.0 Å². The van der Waals surface area contributed by atoms with E-state index >= 15 is 0 Å². The number of hydrogen-bond donors (Lipinski definition) is 0. The lowest BCUT2D eigenvalue weighted by Crippen LogP contribution is -2.39. The molecule has 0 radical (unpaired) electrons. The number of rotatable bonds is 10. The number of benzene rings is 11. The van der Waals surface area contributed by atoms with Crippen molar-refractivity contribution in [1.82, 2.24) is 13.7 Å². The molecule has 0 saturated carbocycles. The van der Waals surface area contributed by atoms with Crippen molar-refractivity contribution in [3.63, 3.8) is 0 Å². The van der Waals surface area contributed by atoms with Crippen LogP contribution in [0.25, 0.3) is 111 Å². The van der Waals surface area contributed by atoms with Gasteiger partial charge in [0.1, 0.15) is 0 Å². The van der Waals surface area contributed by atoms with Gasteiger partial charge >= 0.3 is 0 Å². The van der Waals surface area contributed by atoms with Crippen molar-refractivity contribution in [3.05, 3.63) is 337 Å². The van der Waals surface area contributed by atoms with E-state index in [1.165, 1.54) is 138 Å². The van der Waals surface area contributed by atoms with E-state index < -0.39 is 0 Å². The number of nitrogens with zero attached hydrogens (tertiary/aromatic N) is 4. The summed E-state index contributed by atoms with van der Waals surface area (Å²) in [6.45, 7) is 0. The summed E-state index contributed by atoms with van der Waals surface area (Å²) in [5.74, 6) is 1.08. The van der Waals surface area contributed by atoms with Crippen molar-refractivity contribution in [2.75, 3.05) is 4.90 Å². The number of para-hydroxylation sites is 6. The zero-order chi connectivity index (χ0) is 59.2. The summed E-state index contributed by atoms with van der Waals surface area (Å²) in [5.41, 5.74) is 23.8. The summed E-state index contributed by atoms with van der Waals surface area (Å²) in [4.78, 5) is 2.68. The number of fused-ring (bicyclic) bond motifs is 11. The minimum absolute atomic E-state index is 0.0378. The summed E-state index contributed by atoms with van der Waals surface area (Å²) in [5, 5.41) is 8.88. The Kier molecular flexibility index (Phi) is 12.4. The summed E-state index contributed by atoms with van der Waals surface area (Å²) in [6, 6.07) is 96.8. The monoisotopic (exact) mass is 1150 g/mol. The maximum absolute atomic E-state index is 2.68. The molecule has 0 saturated heterocycles. The van der Waals surface area contributed by atoms with Gasteiger partial charge in [0, 0.05) is 72.4 Å². The number of allylic oxidation sites excluding steroid dienone is 9. The van der Waals surface area contributed by atoms with Crippen LogP contribution in [0.4, 0.5) is 11.4 Å². The predicted octanol–water partition coefficient (Wildman–Crippen LogP) is 22.0. The third kappa shape index (κ3) is 8.50. The molecule has 14 aromatic rings. The minimum atomic E-state index is 0.0378. The van der Waals surface area contributed by atoms with Gasteiger partial charge in [-0.15, -0.1) is 0 Å². The molecule has 428 valence electrons. The normalized spacial score (nSPS) is 17.9. The Morgan fingerprint density at radius 1 is 0.378 bits per heavy atom. The Balaban J connectivity index is 0.721. The molecular formula is C86H64N4. The Bertz CT molecular complexity index is 5370. The average Bonchev–Trinajstić information content (AvgIpc) is 1.55. The fraction of sp³-hybridized carbons (Fsp3) is 0.0930. The van der Waals surface area contributed by atoms with Gasteiger partial charge in [-0.2, -0.15) is 0 Å². The van der Waals surface area contributed by atoms with E-state index in [0.717, 1.165) is 31.4 Å². The predicted molar refractivity (Wildman–Crippen MR) is 380 cm³/mol. The van der Waals surface area contributed by atoms with Gasteiger partial charge in [0.25, 0.3) is 0 Å². The number of hydrogen-bond acceptors (Lipinski definition) is 1. The first-order valence-corrected chi connectivity index (χ1v) is 32.1. The van der Waals surface area contributed by atoms with Crippen LogP contribution < -0.4 is 4.90 Å². The Morgan fingerprint density at radius 3 is 1.64 bits per heavy atom. The van der Waals surface area contributed by atoms with Crippen LogP contribution in [0.5, 0.6) is 0 Å². The highest BCUT2D eigenvalue weighted by molar-refractivity contribution is 6.13. The van der Waals surface area contributed by atoms with Crippen LogP contribution in [0.3, 0.4) is 0 Å². The van der Waals surface area contributed by atoms with Crippen molar-refractivity contribution < 1.29 is 0 Å². The van der Waals surface area contributed by atoms with Gasteiger partial charge in [0.15, 0.2) is 0 Å². The second-order valence-corrected chi connectivity index (χ2v) is 24.9. The third-order valence-electron chi connectivity index (χ3n) is 20.1. The van der Waals surface area contributed by atoms with E-state index in [4.69, 9.17) is 0 Å². The lowest BCUT2D eigenvalue weighted by molar-refractivity contribution is 0.473. The standard InChI is InChI=1S/C86H64N4/c1-4-20-63(21-5-1)87-80-34-18-15-31-74(80)77-54-60(43-50-84(77)87)59-38-36-57(37-39-59)58-40-45-66(46-41-58)89(82-52-48-67(69-26-10-12-28-71(69)82)61-44-51-85-78(55-61)75-32-16-19-35-81(75)88(85)64-22-6-2-7-23-64)83-53-49-68(70-27-11-13-29-72(70)83)62-42-47-76-73-30-14-17-33-79(73)90(86(76)56-62)65-24-8-3-9-25-65/h1-11,13-27,29-38,40-53,55-56,59-60,71,82H,12,28,39,54H2. The first-order chi connectivity index (χ1) is 44.7. The molecule has 0 aliphatic heterocycles. The number of aromatic nitrogens is 3. The summed E-state index contributed by atoms with van der Waals surface area (Å²) in [6.07, 6.45) is 26.2. The van der Waals surface area contributed by atoms with Crippen molar-refractivity contribution in [3.8, 4) is 28.2 Å². The lowest BCUT2D eigenvalue weighted by atomic mass is 9.75. The van der Waals surface area contributed by atoms with Crippen LogP contribution in [0.15, 0.2) is 315 Å². The molecule has 0 amide bonds. The summed E-state index contributed by atoms with van der Waals surface area (Å²) < 4.78 is 7.29. The quantitative estimate of drug-likeness (QED) is 0.133. The summed E-state index contributed by atoms with van der Waals surface area (Å²) >= 11 is 0. The topological polar surface area (TPSA) is 18.0 Å². The largest absolute Gasteiger partial charge is 0.333 e. The van der Waals surface area contributed by atoms with E-state index in [9.17, 15) is 0 Å². The Hall–Kier alpha value is -10.9. The molecule has 4 aliphatic rings. The highest BCUT2D eigenvalue weighted by atomic mass is 15.2. The molecule has 11 aromatic carbocycles. The zero-order valence-corrected chi connectivity index (χ0v) is 49.9. The van der Waals surface area contributed by atoms with Crippen LogP contribution in [-0.2, 0) is 6.42 Å². The van der Waals surface area contributed by atoms with Crippen molar-refractivity contribution >= 4 is 93.9 Å². The molecule has 0 N–H and O–H groups in total. The molecule has 4 heteroatoms. The maximum Gasteiger partial charge on any atom is 0.0594 e. The third-order valence-corrected chi connectivity index (χ3v) is 20.1. The second-order valence-electron chi connectivity index (χ2n) is 24.9. The molecule has 3 aromatic heterocycles. The Labute approximate surface area is 524 Å². The molecule has 4 atom stereocenters. The van der Waals surface area contributed by atoms with E-state index in [2.05, 4.69) is 334 Å². The lowest BCUT2D eigenvalue weighted by Gasteiger charge is -2.42. The van der Waals surface area contributed by atoms with Crippen LogP contribution in [0, 0.1) is 17.8 Å². The molecule has 0 spiro atoms. The second kappa shape index (κ2) is 21.4. The molecule has 0 bridgehead atoms. The highest BCUT2D eigenvalue weighted by Crippen LogP contribution is 2.48. The van der Waals surface area contributed by atoms with Crippen LogP contribution in [0.1, 0.15) is 41.6 Å². The van der Waals surface area contributed by atoms with Gasteiger partial charge in [0.05, 0.1) is 33.6 Å². The van der Waals surface area contributed by atoms with Crippen molar-refractivity contribution in [2.24, 2.45) is 17.8 Å². The van der Waals surface area contributed by atoms with Crippen molar-refractivity contribution in [1.29, 1.82) is 0 Å². The van der Waals surface area contributed by atoms with Gasteiger partial charge in [-0.25, -0.2) is 0 Å². The fourth-order valence-electron chi connectivity index (χ4n) is 15.9. The fourth-order valence-corrected chi connectivity index (χ4v) is 15.9. The van der Waals surface area contributed by atoms with Gasteiger partial charge in [-0.05, 0) is 185 Å². The molecular weight excluding hydrogens is 1090 g/mol. The van der Waals surface area contributed by atoms with E-state index in [1.807, 2.05) is 0 Å². The molecule has 4 nitrogen and oxygen atoms in total. The molecule has 90 heavy (non-hydrogen) atoms. The molecule has 18 rings (SSSR count). The van der Waals surface area contributed by atoms with Gasteiger partial charge < -0.3 is 18.6 Å². The molecule has 3 heterocycles. The first-order valence-electron chi connectivity index (χ1n) is 32.1. The van der Waals surface area contributed by atoms with Crippen LogP contribution >= 0.6 is 0 Å². The first kappa shape index (κ1) is 52.2. The van der Waals surface area contributed by atoms with Crippen LogP contribution in [-0.4, -0.2) is 19.7 Å². The maximum atomic E-state index is 2.68. The number of anilines is 2. The van der Waals surface area contributed by atoms with Crippen LogP contribution in [0.2, 0.25) is 0 Å². The van der Waals surface area contributed by atoms with Gasteiger partial charge in [0.2, 0.25) is 0 Å². The van der Waals surface area contributed by atoms with Gasteiger partial charge in [-0.1, -0.05) is 218 Å². The smallest absolute Gasteiger partial charge is 0.0594 e. The molecule has 0 fully saturated rings. The molecule has 4 aliphatic carbocycles. The highest BCUT2D eigenvalue weighted by Gasteiger charge is 2.36. The van der Waals surface area contributed by atoms with Gasteiger partial charge in [-0.3, -0.25) is 0 Å². The average molecular weight is 1150 g/mol. The SMILES string of the molecule is C1=CC2=C(c3ccc4c(c3)c3ccccc3n4-c3ccccc3)C=CC(N(c3ccc(C4=CCC(C5C=Cc6c(c7ccccc7n6-c6ccccc6)C5)C=C4)cc3)c3ccc(-c4ccc5c6ccccc6n(-c6ccccc6)c5c4)c4ccccc34)C2CC1. The van der Waals surface area contributed by atoms with E-state index in [1.54, 1.807) is 0 Å². The summed E-state index contributed by atoms with van der Waals surface area (Å²) in [7, 11) is 0. The van der Waals surface area contributed by atoms with E-state index in [0.29, 0.717) is 11.8 Å². The van der Waals surface area contributed by atoms with Crippen molar-refractivity contribution in [2.45, 2.75) is 31.7 Å². The minimum Gasteiger partial charge on any atom is -0.333 e. The molecule has 4 unspecified atom stereocenters. The zero-order valence-electron chi connectivity index (χ0n) is 49.9. The Morgan fingerprint density at radius 2 is 0.944 bits per heavy atom.